The van der Waals surface area contributed by atoms with Crippen molar-refractivity contribution in [1.82, 2.24) is 15.2 Å². The number of fused-ring (bicyclic) bond motifs is 1. The van der Waals surface area contributed by atoms with Crippen LogP contribution in [0.4, 0.5) is 5.69 Å². The number of amides is 1. The monoisotopic (exact) mass is 477 g/mol. The summed E-state index contributed by atoms with van der Waals surface area (Å²) in [5.41, 5.74) is 6.52. The molecule has 2 fully saturated rings. The molecule has 7 nitrogen and oxygen atoms in total. The quantitative estimate of drug-likeness (QED) is 0.459. The van der Waals surface area contributed by atoms with Crippen molar-refractivity contribution in [3.05, 3.63) is 71.9 Å². The molecule has 0 saturated carbocycles. The molecule has 1 amide bonds. The van der Waals surface area contributed by atoms with Gasteiger partial charge in [0.05, 0.1) is 11.3 Å². The number of anilines is 1. The first kappa shape index (κ1) is 22.3. The average Bonchev–Trinajstić information content (AvgIpc) is 3.63. The third-order valence-electron chi connectivity index (χ3n) is 7.11. The van der Waals surface area contributed by atoms with Crippen molar-refractivity contribution in [2.24, 2.45) is 0 Å². The van der Waals surface area contributed by atoms with Gasteiger partial charge in [-0.1, -0.05) is 18.2 Å². The topological polar surface area (TPSA) is 85.4 Å². The van der Waals surface area contributed by atoms with Crippen LogP contribution in [-0.4, -0.2) is 55.1 Å². The first-order chi connectivity index (χ1) is 17.7. The number of aromatic nitrogens is 1. The normalized spacial score (nSPS) is 15.9. The molecule has 36 heavy (non-hydrogen) atoms. The lowest BCUT2D eigenvalue weighted by molar-refractivity contribution is 0.0736. The average molecular weight is 478 g/mol. The summed E-state index contributed by atoms with van der Waals surface area (Å²) in [5.74, 6) is 0.752. The largest absolute Gasteiger partial charge is 0.454 e. The van der Waals surface area contributed by atoms with Crippen molar-refractivity contribution < 1.29 is 9.21 Å². The van der Waals surface area contributed by atoms with Gasteiger partial charge in [-0.3, -0.25) is 9.78 Å². The minimum Gasteiger partial charge on any atom is -0.454 e. The van der Waals surface area contributed by atoms with Gasteiger partial charge in [-0.05, 0) is 48.7 Å². The fourth-order valence-electron chi connectivity index (χ4n) is 5.16. The highest BCUT2D eigenvalue weighted by Crippen LogP contribution is 2.36. The summed E-state index contributed by atoms with van der Waals surface area (Å²) in [5, 5.41) is 13.1. The summed E-state index contributed by atoms with van der Waals surface area (Å²) in [7, 11) is 0. The van der Waals surface area contributed by atoms with Crippen LogP contribution in [0.5, 0.6) is 0 Å². The number of hydrogen-bond donors (Lipinski definition) is 1. The number of piperazine rings is 1. The molecule has 0 bridgehead atoms. The van der Waals surface area contributed by atoms with Gasteiger partial charge in [0.15, 0.2) is 5.58 Å². The van der Waals surface area contributed by atoms with E-state index in [9.17, 15) is 10.1 Å². The van der Waals surface area contributed by atoms with Crippen molar-refractivity contribution in [1.29, 1.82) is 5.26 Å². The molecule has 1 N–H and O–H groups in total. The summed E-state index contributed by atoms with van der Waals surface area (Å²) in [6, 6.07) is 19.8. The predicted octanol–water partition coefficient (Wildman–Crippen LogP) is 4.68. The van der Waals surface area contributed by atoms with Crippen LogP contribution in [0, 0.1) is 11.3 Å². The molecule has 0 atom stereocenters. The molecule has 2 aromatic heterocycles. The van der Waals surface area contributed by atoms with Crippen molar-refractivity contribution >= 4 is 22.7 Å². The summed E-state index contributed by atoms with van der Waals surface area (Å²) in [4.78, 5) is 21.5. The first-order valence-corrected chi connectivity index (χ1v) is 12.5. The lowest BCUT2D eigenvalue weighted by Gasteiger charge is -2.27. The van der Waals surface area contributed by atoms with Gasteiger partial charge in [0.1, 0.15) is 17.3 Å². The summed E-state index contributed by atoms with van der Waals surface area (Å²) >= 11 is 0. The molecule has 0 spiro atoms. The maximum absolute atomic E-state index is 12.8. The molecule has 2 aliphatic heterocycles. The SMILES string of the molecule is N#Cc1cc(-c2ccnc3cc(-c4ccc(C(=O)N5CCNCC5)cc4)oc23)ccc1N1CCCC1. The van der Waals surface area contributed by atoms with E-state index in [0.29, 0.717) is 22.5 Å². The standard InChI is InChI=1S/C29H27N5O2/c30-19-23-17-22(7-8-26(23)33-13-1-2-14-33)24-9-10-32-25-18-27(36-28(24)25)20-3-5-21(6-4-20)29(35)34-15-11-31-12-16-34/h3-10,17-18,31H,1-2,11-16H2. The molecule has 0 aliphatic carbocycles. The van der Waals surface area contributed by atoms with Gasteiger partial charge in [0, 0.05) is 68.2 Å². The number of carbonyl (C=O) groups excluding carboxylic acids is 1. The zero-order valence-corrected chi connectivity index (χ0v) is 20.0. The number of carbonyl (C=O) groups is 1. The number of hydrogen-bond acceptors (Lipinski definition) is 6. The van der Waals surface area contributed by atoms with Crippen molar-refractivity contribution in [2.75, 3.05) is 44.2 Å². The Labute approximate surface area is 210 Å². The van der Waals surface area contributed by atoms with Crippen molar-refractivity contribution in [3.63, 3.8) is 0 Å². The number of nitrogens with one attached hydrogen (secondary N) is 1. The van der Waals surface area contributed by atoms with E-state index in [4.69, 9.17) is 4.42 Å². The smallest absolute Gasteiger partial charge is 0.253 e. The Kier molecular flexibility index (Phi) is 5.88. The van der Waals surface area contributed by atoms with Gasteiger partial charge < -0.3 is 19.5 Å². The van der Waals surface area contributed by atoms with E-state index >= 15 is 0 Å². The van der Waals surface area contributed by atoms with Crippen LogP contribution in [0.25, 0.3) is 33.6 Å². The van der Waals surface area contributed by atoms with Gasteiger partial charge in [-0.2, -0.15) is 5.26 Å². The van der Waals surface area contributed by atoms with E-state index in [1.54, 1.807) is 6.20 Å². The molecule has 7 heteroatoms. The predicted molar refractivity (Wildman–Crippen MR) is 140 cm³/mol. The van der Waals surface area contributed by atoms with Crippen LogP contribution in [0.2, 0.25) is 0 Å². The van der Waals surface area contributed by atoms with Crippen LogP contribution in [0.1, 0.15) is 28.8 Å². The number of benzene rings is 2. The molecule has 2 aromatic carbocycles. The third-order valence-corrected chi connectivity index (χ3v) is 7.11. The Balaban J connectivity index is 1.31. The van der Waals surface area contributed by atoms with Crippen molar-refractivity contribution in [2.45, 2.75) is 12.8 Å². The molecule has 2 saturated heterocycles. The molecular formula is C29H27N5O2. The van der Waals surface area contributed by atoms with Gasteiger partial charge in [-0.25, -0.2) is 0 Å². The van der Waals surface area contributed by atoms with Crippen LogP contribution in [-0.2, 0) is 0 Å². The molecule has 0 radical (unpaired) electrons. The molecule has 6 rings (SSSR count). The zero-order valence-electron chi connectivity index (χ0n) is 20.0. The van der Waals surface area contributed by atoms with Crippen LogP contribution in [0.15, 0.2) is 65.2 Å². The molecule has 0 unspecified atom stereocenters. The highest BCUT2D eigenvalue weighted by Gasteiger charge is 2.20. The third kappa shape index (κ3) is 4.10. The van der Waals surface area contributed by atoms with E-state index < -0.39 is 0 Å². The van der Waals surface area contributed by atoms with Gasteiger partial charge >= 0.3 is 0 Å². The highest BCUT2D eigenvalue weighted by atomic mass is 16.3. The highest BCUT2D eigenvalue weighted by molar-refractivity contribution is 5.95. The maximum atomic E-state index is 12.8. The zero-order chi connectivity index (χ0) is 24.5. The molecule has 4 heterocycles. The Bertz CT molecular complexity index is 1460. The second-order valence-electron chi connectivity index (χ2n) is 9.34. The van der Waals surface area contributed by atoms with Crippen LogP contribution in [0.3, 0.4) is 0 Å². The van der Waals surface area contributed by atoms with E-state index in [2.05, 4.69) is 27.3 Å². The number of nitriles is 1. The Morgan fingerprint density at radius 2 is 1.69 bits per heavy atom. The summed E-state index contributed by atoms with van der Waals surface area (Å²) in [6.07, 6.45) is 4.10. The van der Waals surface area contributed by atoms with E-state index in [0.717, 1.165) is 80.0 Å². The molecule has 4 aromatic rings. The fourth-order valence-corrected chi connectivity index (χ4v) is 5.16. The second-order valence-corrected chi connectivity index (χ2v) is 9.34. The van der Waals surface area contributed by atoms with Gasteiger partial charge in [-0.15, -0.1) is 0 Å². The van der Waals surface area contributed by atoms with Crippen molar-refractivity contribution in [3.8, 4) is 28.5 Å². The van der Waals surface area contributed by atoms with E-state index in [1.807, 2.05) is 53.4 Å². The Morgan fingerprint density at radius 3 is 2.44 bits per heavy atom. The molecule has 180 valence electrons. The summed E-state index contributed by atoms with van der Waals surface area (Å²) in [6.45, 7) is 5.10. The minimum absolute atomic E-state index is 0.0577. The number of furan rings is 1. The fraction of sp³-hybridized carbons (Fsp3) is 0.276. The number of nitrogens with zero attached hydrogens (tertiary/aromatic N) is 4. The minimum atomic E-state index is 0.0577. The molecule has 2 aliphatic rings. The van der Waals surface area contributed by atoms with E-state index in [-0.39, 0.29) is 5.91 Å². The molecular weight excluding hydrogens is 450 g/mol. The van der Waals surface area contributed by atoms with Gasteiger partial charge in [0.25, 0.3) is 5.91 Å². The first-order valence-electron chi connectivity index (χ1n) is 12.5. The van der Waals surface area contributed by atoms with E-state index in [1.165, 1.54) is 0 Å². The number of rotatable bonds is 4. The van der Waals surface area contributed by atoms with Gasteiger partial charge in [0.2, 0.25) is 0 Å². The Morgan fingerprint density at radius 1 is 0.944 bits per heavy atom. The van der Waals surface area contributed by atoms with Crippen LogP contribution < -0.4 is 10.2 Å². The second kappa shape index (κ2) is 9.48. The lowest BCUT2D eigenvalue weighted by atomic mass is 10.0. The van der Waals surface area contributed by atoms with Crippen LogP contribution >= 0.6 is 0 Å². The summed E-state index contributed by atoms with van der Waals surface area (Å²) < 4.78 is 6.30. The maximum Gasteiger partial charge on any atom is 0.253 e. The Hall–Kier alpha value is -4.15. The lowest BCUT2D eigenvalue weighted by Crippen LogP contribution is -2.46. The number of pyridine rings is 1.